The Bertz CT molecular complexity index is 410. The highest BCUT2D eigenvalue weighted by atomic mass is 16.5. The Labute approximate surface area is 115 Å². The summed E-state index contributed by atoms with van der Waals surface area (Å²) in [7, 11) is 0. The normalized spacial score (nSPS) is 28.7. The van der Waals surface area contributed by atoms with E-state index in [-0.39, 0.29) is 11.7 Å². The van der Waals surface area contributed by atoms with Crippen molar-refractivity contribution < 1.29 is 9.84 Å². The standard InChI is InChI=1S/C17H24O2/c1-2-17(16(18)13-8-4-3-5-9-13)12-14-10-6-7-11-15(14)19-17/h6-7,10-11,13,16,18H,2-5,8-9,12H2,1H3. The number of aliphatic hydroxyl groups excluding tert-OH is 1. The maximum absolute atomic E-state index is 10.9. The number of hydrogen-bond donors (Lipinski definition) is 1. The summed E-state index contributed by atoms with van der Waals surface area (Å²) in [6, 6.07) is 8.22. The lowest BCUT2D eigenvalue weighted by Crippen LogP contribution is -2.50. The third kappa shape index (κ3) is 2.27. The van der Waals surface area contributed by atoms with Crippen LogP contribution in [0.5, 0.6) is 5.75 Å². The smallest absolute Gasteiger partial charge is 0.139 e. The monoisotopic (exact) mass is 260 g/mol. The predicted molar refractivity (Wildman–Crippen MR) is 76.4 cm³/mol. The highest BCUT2D eigenvalue weighted by molar-refractivity contribution is 5.39. The van der Waals surface area contributed by atoms with Crippen molar-refractivity contribution in [2.24, 2.45) is 5.92 Å². The Kier molecular flexibility index (Phi) is 3.53. The molecule has 3 rings (SSSR count). The SMILES string of the molecule is CCC1(C(O)C2CCCCC2)Cc2ccccc2O1. The third-order valence-corrected chi connectivity index (χ3v) is 5.01. The molecule has 1 saturated carbocycles. The minimum absolute atomic E-state index is 0.329. The number of fused-ring (bicyclic) bond motifs is 1. The molecule has 2 unspecified atom stereocenters. The van der Waals surface area contributed by atoms with Gasteiger partial charge in [0.2, 0.25) is 0 Å². The molecule has 0 amide bonds. The van der Waals surface area contributed by atoms with Gasteiger partial charge in [-0.3, -0.25) is 0 Å². The van der Waals surface area contributed by atoms with Crippen molar-refractivity contribution in [1.82, 2.24) is 0 Å². The van der Waals surface area contributed by atoms with Crippen LogP contribution >= 0.6 is 0 Å². The van der Waals surface area contributed by atoms with E-state index in [0.717, 1.165) is 31.4 Å². The Morgan fingerprint density at radius 3 is 2.68 bits per heavy atom. The molecule has 1 aromatic carbocycles. The van der Waals surface area contributed by atoms with E-state index < -0.39 is 0 Å². The lowest BCUT2D eigenvalue weighted by molar-refractivity contribution is -0.0795. The van der Waals surface area contributed by atoms with E-state index >= 15 is 0 Å². The second-order valence-corrected chi connectivity index (χ2v) is 6.15. The van der Waals surface area contributed by atoms with E-state index in [2.05, 4.69) is 19.1 Å². The second-order valence-electron chi connectivity index (χ2n) is 6.15. The Morgan fingerprint density at radius 1 is 1.26 bits per heavy atom. The summed E-state index contributed by atoms with van der Waals surface area (Å²) in [6.45, 7) is 2.14. The molecular formula is C17H24O2. The van der Waals surface area contributed by atoms with Gasteiger partial charge in [-0.15, -0.1) is 0 Å². The molecule has 2 atom stereocenters. The average Bonchev–Trinajstić information content (AvgIpc) is 2.87. The van der Waals surface area contributed by atoms with E-state index in [4.69, 9.17) is 4.74 Å². The third-order valence-electron chi connectivity index (χ3n) is 5.01. The summed E-state index contributed by atoms with van der Waals surface area (Å²) < 4.78 is 6.21. The fourth-order valence-electron chi connectivity index (χ4n) is 3.78. The minimum Gasteiger partial charge on any atom is -0.484 e. The van der Waals surface area contributed by atoms with Crippen LogP contribution in [0.25, 0.3) is 0 Å². The molecule has 19 heavy (non-hydrogen) atoms. The predicted octanol–water partition coefficient (Wildman–Crippen LogP) is 3.71. The Hall–Kier alpha value is -1.02. The summed E-state index contributed by atoms with van der Waals surface area (Å²) in [5.74, 6) is 1.39. The lowest BCUT2D eigenvalue weighted by atomic mass is 9.76. The van der Waals surface area contributed by atoms with Crippen molar-refractivity contribution >= 4 is 0 Å². The lowest BCUT2D eigenvalue weighted by Gasteiger charge is -2.39. The fraction of sp³-hybridized carbons (Fsp3) is 0.647. The number of para-hydroxylation sites is 1. The molecular weight excluding hydrogens is 236 g/mol. The van der Waals surface area contributed by atoms with Crippen LogP contribution in [0.3, 0.4) is 0 Å². The van der Waals surface area contributed by atoms with Gasteiger partial charge in [0.05, 0.1) is 6.10 Å². The number of benzene rings is 1. The van der Waals surface area contributed by atoms with Gasteiger partial charge in [-0.25, -0.2) is 0 Å². The molecule has 2 heteroatoms. The molecule has 2 aliphatic rings. The molecule has 1 heterocycles. The van der Waals surface area contributed by atoms with Gasteiger partial charge in [0.1, 0.15) is 11.4 Å². The van der Waals surface area contributed by atoms with Gasteiger partial charge in [0.25, 0.3) is 0 Å². The van der Waals surface area contributed by atoms with Crippen molar-refractivity contribution in [3.63, 3.8) is 0 Å². The summed E-state index contributed by atoms with van der Waals surface area (Å²) in [5.41, 5.74) is 0.866. The summed E-state index contributed by atoms with van der Waals surface area (Å²) in [6.07, 6.45) is 7.55. The number of rotatable bonds is 3. The maximum Gasteiger partial charge on any atom is 0.139 e. The van der Waals surface area contributed by atoms with Crippen LogP contribution in [0.1, 0.15) is 51.0 Å². The van der Waals surface area contributed by atoms with E-state index in [1.54, 1.807) is 0 Å². The van der Waals surface area contributed by atoms with Crippen molar-refractivity contribution in [2.75, 3.05) is 0 Å². The zero-order chi connectivity index (χ0) is 13.3. The summed E-state index contributed by atoms with van der Waals surface area (Å²) in [4.78, 5) is 0. The van der Waals surface area contributed by atoms with E-state index in [1.165, 1.54) is 24.8 Å². The topological polar surface area (TPSA) is 29.5 Å². The first-order valence-corrected chi connectivity index (χ1v) is 7.70. The molecule has 1 aromatic rings. The maximum atomic E-state index is 10.9. The molecule has 104 valence electrons. The van der Waals surface area contributed by atoms with Crippen LogP contribution in [0, 0.1) is 5.92 Å². The van der Waals surface area contributed by atoms with Gasteiger partial charge < -0.3 is 9.84 Å². The molecule has 0 bridgehead atoms. The van der Waals surface area contributed by atoms with Gasteiger partial charge in [0.15, 0.2) is 0 Å². The molecule has 1 aliphatic heterocycles. The summed E-state index contributed by atoms with van der Waals surface area (Å²) >= 11 is 0. The largest absolute Gasteiger partial charge is 0.484 e. The van der Waals surface area contributed by atoms with Crippen LogP contribution < -0.4 is 4.74 Å². The number of aliphatic hydroxyl groups is 1. The first kappa shape index (κ1) is 13.0. The van der Waals surface area contributed by atoms with Crippen LogP contribution in [0.15, 0.2) is 24.3 Å². The van der Waals surface area contributed by atoms with Crippen LogP contribution in [-0.2, 0) is 6.42 Å². The van der Waals surface area contributed by atoms with Crippen molar-refractivity contribution in [2.45, 2.75) is 63.6 Å². The molecule has 2 nitrogen and oxygen atoms in total. The highest BCUT2D eigenvalue weighted by Gasteiger charge is 2.47. The second kappa shape index (κ2) is 5.16. The van der Waals surface area contributed by atoms with Gasteiger partial charge in [-0.2, -0.15) is 0 Å². The first-order chi connectivity index (χ1) is 9.25. The molecule has 0 aromatic heterocycles. The van der Waals surface area contributed by atoms with Gasteiger partial charge >= 0.3 is 0 Å². The zero-order valence-corrected chi connectivity index (χ0v) is 11.8. The Balaban J connectivity index is 1.81. The van der Waals surface area contributed by atoms with Crippen LogP contribution in [-0.4, -0.2) is 16.8 Å². The van der Waals surface area contributed by atoms with Crippen molar-refractivity contribution in [3.05, 3.63) is 29.8 Å². The van der Waals surface area contributed by atoms with Crippen molar-refractivity contribution in [3.8, 4) is 5.75 Å². The highest BCUT2D eigenvalue weighted by Crippen LogP contribution is 2.43. The zero-order valence-electron chi connectivity index (χ0n) is 11.8. The molecule has 0 saturated heterocycles. The molecule has 0 spiro atoms. The fourth-order valence-corrected chi connectivity index (χ4v) is 3.78. The van der Waals surface area contributed by atoms with E-state index in [1.807, 2.05) is 12.1 Å². The van der Waals surface area contributed by atoms with Crippen LogP contribution in [0.4, 0.5) is 0 Å². The molecule has 1 N–H and O–H groups in total. The summed E-state index contributed by atoms with van der Waals surface area (Å²) in [5, 5.41) is 10.9. The number of ether oxygens (including phenoxy) is 1. The quantitative estimate of drug-likeness (QED) is 0.897. The van der Waals surface area contributed by atoms with Crippen LogP contribution in [0.2, 0.25) is 0 Å². The molecule has 1 fully saturated rings. The van der Waals surface area contributed by atoms with Gasteiger partial charge in [-0.1, -0.05) is 44.4 Å². The minimum atomic E-state index is -0.383. The molecule has 1 aliphatic carbocycles. The number of hydrogen-bond acceptors (Lipinski definition) is 2. The first-order valence-electron chi connectivity index (χ1n) is 7.70. The van der Waals surface area contributed by atoms with Gasteiger partial charge in [-0.05, 0) is 36.8 Å². The van der Waals surface area contributed by atoms with E-state index in [9.17, 15) is 5.11 Å². The molecule has 0 radical (unpaired) electrons. The average molecular weight is 260 g/mol. The van der Waals surface area contributed by atoms with Gasteiger partial charge in [0, 0.05) is 6.42 Å². The Morgan fingerprint density at radius 2 is 2.00 bits per heavy atom. The van der Waals surface area contributed by atoms with Crippen molar-refractivity contribution in [1.29, 1.82) is 0 Å². The van der Waals surface area contributed by atoms with E-state index in [0.29, 0.717) is 5.92 Å².